The molecule has 2 aliphatic rings. The Hall–Kier alpha value is -2.48. The summed E-state index contributed by atoms with van der Waals surface area (Å²) in [7, 11) is -0.0317. The number of nitrogens with one attached hydrogen (secondary N) is 1. The van der Waals surface area contributed by atoms with Crippen LogP contribution in [0.2, 0.25) is 0 Å². The van der Waals surface area contributed by atoms with Crippen molar-refractivity contribution < 1.29 is 17.9 Å². The number of ether oxygens (including phenoxy) is 2. The Morgan fingerprint density at radius 1 is 1.09 bits per heavy atom. The number of likely N-dealkylation sites (N-methyl/N-ethyl adjacent to an activating group) is 1. The van der Waals surface area contributed by atoms with Crippen molar-refractivity contribution in [2.75, 3.05) is 40.0 Å². The zero-order valence-electron chi connectivity index (χ0n) is 18.0. The monoisotopic (exact) mass is 480 g/mol. The van der Waals surface area contributed by atoms with Crippen molar-refractivity contribution in [3.05, 3.63) is 16.0 Å². The van der Waals surface area contributed by atoms with E-state index in [-0.39, 0.29) is 33.7 Å². The summed E-state index contributed by atoms with van der Waals surface area (Å²) in [5, 5.41) is 4.30. The van der Waals surface area contributed by atoms with Gasteiger partial charge in [-0.2, -0.15) is 9.40 Å². The van der Waals surface area contributed by atoms with Gasteiger partial charge in [0.1, 0.15) is 10.4 Å². The zero-order valence-corrected chi connectivity index (χ0v) is 19.7. The van der Waals surface area contributed by atoms with Crippen molar-refractivity contribution in [1.29, 1.82) is 0 Å². The first-order valence-electron chi connectivity index (χ1n) is 10.4. The van der Waals surface area contributed by atoms with Crippen molar-refractivity contribution in [2.24, 2.45) is 7.05 Å². The molecule has 0 saturated carbocycles. The topological polar surface area (TPSA) is 123 Å². The quantitative estimate of drug-likeness (QED) is 0.574. The van der Waals surface area contributed by atoms with Crippen LogP contribution in [0.25, 0.3) is 21.7 Å². The van der Waals surface area contributed by atoms with Gasteiger partial charge in [-0.3, -0.25) is 9.48 Å². The summed E-state index contributed by atoms with van der Waals surface area (Å²) in [6, 6.07) is 0. The highest BCUT2D eigenvalue weighted by Gasteiger charge is 2.38. The average Bonchev–Trinajstić information content (AvgIpc) is 3.44. The Bertz CT molecular complexity index is 1350. The van der Waals surface area contributed by atoms with Gasteiger partial charge in [0.15, 0.2) is 27.0 Å². The van der Waals surface area contributed by atoms with Crippen molar-refractivity contribution >= 4 is 32.4 Å². The summed E-state index contributed by atoms with van der Waals surface area (Å²) in [6.07, 6.45) is 1.59. The molecule has 1 fully saturated rings. The number of hydrogen-bond donors (Lipinski definition) is 1. The van der Waals surface area contributed by atoms with Gasteiger partial charge < -0.3 is 19.4 Å². The Kier molecular flexibility index (Phi) is 5.23. The first-order valence-corrected chi connectivity index (χ1v) is 12.6. The second kappa shape index (κ2) is 7.83. The normalized spacial score (nSPS) is 17.5. The van der Waals surface area contributed by atoms with E-state index in [0.29, 0.717) is 48.7 Å². The molecule has 0 spiro atoms. The molecule has 2 aliphatic heterocycles. The van der Waals surface area contributed by atoms with Gasteiger partial charge in [0.25, 0.3) is 15.6 Å². The van der Waals surface area contributed by atoms with E-state index in [1.165, 1.54) is 4.31 Å². The van der Waals surface area contributed by atoms with Crippen LogP contribution in [-0.4, -0.2) is 77.4 Å². The summed E-state index contributed by atoms with van der Waals surface area (Å²) < 4.78 is 41.2. The SMILES string of the molecule is CCCc1c2nc(-c3sc(S(=O)(=O)N4CCN(C)CC4)c4c3OCO4)[nH]c(=O)c2nn1C. The predicted molar refractivity (Wildman–Crippen MR) is 119 cm³/mol. The molecule has 0 aliphatic carbocycles. The summed E-state index contributed by atoms with van der Waals surface area (Å²) >= 11 is 1.01. The lowest BCUT2D eigenvalue weighted by atomic mass is 10.2. The number of piperazine rings is 1. The van der Waals surface area contributed by atoms with Gasteiger partial charge in [0.2, 0.25) is 6.79 Å². The third-order valence-corrected chi connectivity index (χ3v) is 9.28. The van der Waals surface area contributed by atoms with Gasteiger partial charge in [-0.1, -0.05) is 13.3 Å². The van der Waals surface area contributed by atoms with Crippen LogP contribution in [0.3, 0.4) is 0 Å². The number of sulfonamides is 1. The number of fused-ring (bicyclic) bond motifs is 2. The number of aromatic nitrogens is 4. The fourth-order valence-corrected chi connectivity index (χ4v) is 7.12. The van der Waals surface area contributed by atoms with E-state index in [2.05, 4.69) is 20.0 Å². The minimum Gasteiger partial charge on any atom is -0.452 e. The van der Waals surface area contributed by atoms with Crippen LogP contribution >= 0.6 is 11.3 Å². The van der Waals surface area contributed by atoms with E-state index in [0.717, 1.165) is 23.5 Å². The highest BCUT2D eigenvalue weighted by Crippen LogP contribution is 2.52. The van der Waals surface area contributed by atoms with E-state index in [4.69, 9.17) is 9.47 Å². The number of hydrogen-bond acceptors (Lipinski definition) is 9. The van der Waals surface area contributed by atoms with E-state index < -0.39 is 10.0 Å². The number of aromatic amines is 1. The molecule has 3 aromatic rings. The van der Waals surface area contributed by atoms with Crippen LogP contribution in [0.4, 0.5) is 0 Å². The minimum atomic E-state index is -3.78. The lowest BCUT2D eigenvalue weighted by molar-refractivity contribution is 0.172. The lowest BCUT2D eigenvalue weighted by Gasteiger charge is -2.31. The Morgan fingerprint density at radius 2 is 1.81 bits per heavy atom. The molecule has 3 aromatic heterocycles. The smallest absolute Gasteiger partial charge is 0.279 e. The first kappa shape index (κ1) is 21.4. The molecule has 172 valence electrons. The Balaban J connectivity index is 1.64. The standard InChI is InChI=1S/C19H24N6O5S2/c1-4-5-11-12-13(22-24(11)3)18(26)21-17(20-12)16-14-15(30-10-29-14)19(31-16)32(27,28)25-8-6-23(2)7-9-25/h4-10H2,1-3H3,(H,20,21,26). The van der Waals surface area contributed by atoms with Gasteiger partial charge in [-0.15, -0.1) is 11.3 Å². The number of nitrogens with zero attached hydrogens (tertiary/aromatic N) is 5. The number of rotatable bonds is 5. The summed E-state index contributed by atoms with van der Waals surface area (Å²) in [4.78, 5) is 22.7. The summed E-state index contributed by atoms with van der Waals surface area (Å²) in [5.74, 6) is 0.734. The molecular formula is C19H24N6O5S2. The van der Waals surface area contributed by atoms with Crippen LogP contribution in [0.15, 0.2) is 9.00 Å². The van der Waals surface area contributed by atoms with E-state index in [9.17, 15) is 13.2 Å². The molecule has 32 heavy (non-hydrogen) atoms. The summed E-state index contributed by atoms with van der Waals surface area (Å²) in [5.41, 5.74) is 1.24. The largest absolute Gasteiger partial charge is 0.452 e. The predicted octanol–water partition coefficient (Wildman–Crippen LogP) is 1.00. The lowest BCUT2D eigenvalue weighted by Crippen LogP contribution is -2.46. The molecule has 0 bridgehead atoms. The minimum absolute atomic E-state index is 0.0762. The molecule has 1 N–H and O–H groups in total. The maximum absolute atomic E-state index is 13.4. The third kappa shape index (κ3) is 3.31. The third-order valence-electron chi connectivity index (χ3n) is 5.75. The Labute approximate surface area is 188 Å². The van der Waals surface area contributed by atoms with Crippen LogP contribution in [0, 0.1) is 0 Å². The van der Waals surface area contributed by atoms with Crippen molar-refractivity contribution in [3.63, 3.8) is 0 Å². The first-order chi connectivity index (χ1) is 15.3. The fraction of sp³-hybridized carbons (Fsp3) is 0.526. The summed E-state index contributed by atoms with van der Waals surface area (Å²) in [6.45, 7) is 4.07. The van der Waals surface area contributed by atoms with E-state index in [1.807, 2.05) is 14.0 Å². The molecule has 13 heteroatoms. The van der Waals surface area contributed by atoms with Gasteiger partial charge >= 0.3 is 0 Å². The Morgan fingerprint density at radius 3 is 2.53 bits per heavy atom. The van der Waals surface area contributed by atoms with Crippen LogP contribution in [-0.2, 0) is 23.5 Å². The molecule has 5 rings (SSSR count). The maximum Gasteiger partial charge on any atom is 0.279 e. The van der Waals surface area contributed by atoms with Crippen LogP contribution < -0.4 is 15.0 Å². The van der Waals surface area contributed by atoms with Crippen molar-refractivity contribution in [2.45, 2.75) is 24.0 Å². The molecule has 5 heterocycles. The fourth-order valence-electron chi connectivity index (χ4n) is 4.00. The highest BCUT2D eigenvalue weighted by atomic mass is 32.2. The van der Waals surface area contributed by atoms with Gasteiger partial charge in [-0.05, 0) is 13.5 Å². The van der Waals surface area contributed by atoms with Gasteiger partial charge in [0, 0.05) is 33.2 Å². The van der Waals surface area contributed by atoms with Crippen molar-refractivity contribution in [3.8, 4) is 22.2 Å². The second-order valence-electron chi connectivity index (χ2n) is 7.92. The number of thiophene rings is 1. The van der Waals surface area contributed by atoms with Crippen LogP contribution in [0.1, 0.15) is 19.0 Å². The molecule has 0 radical (unpaired) electrons. The van der Waals surface area contributed by atoms with Crippen molar-refractivity contribution in [1.82, 2.24) is 29.0 Å². The average molecular weight is 481 g/mol. The van der Waals surface area contributed by atoms with E-state index in [1.54, 1.807) is 11.7 Å². The molecule has 0 aromatic carbocycles. The van der Waals surface area contributed by atoms with E-state index >= 15 is 0 Å². The molecule has 0 atom stereocenters. The molecule has 0 amide bonds. The number of aryl methyl sites for hydroxylation is 2. The molecule has 0 unspecified atom stereocenters. The highest BCUT2D eigenvalue weighted by molar-refractivity contribution is 7.91. The molecule has 1 saturated heterocycles. The number of H-pyrrole nitrogens is 1. The van der Waals surface area contributed by atoms with Crippen LogP contribution in [0.5, 0.6) is 11.5 Å². The molecule has 11 nitrogen and oxygen atoms in total. The van der Waals surface area contributed by atoms with Gasteiger partial charge in [-0.25, -0.2) is 13.4 Å². The van der Waals surface area contributed by atoms with Gasteiger partial charge in [0.05, 0.1) is 5.69 Å². The maximum atomic E-state index is 13.4. The molecular weight excluding hydrogens is 456 g/mol. The second-order valence-corrected chi connectivity index (χ2v) is 11.1. The zero-order chi connectivity index (χ0) is 22.6.